The van der Waals surface area contributed by atoms with Gasteiger partial charge >= 0.3 is 6.09 Å². The lowest BCUT2D eigenvalue weighted by Crippen LogP contribution is -2.66. The topological polar surface area (TPSA) is 182 Å². The number of nitrogens with zero attached hydrogens (tertiary/aromatic N) is 2. The number of methoxy groups -OCH3 is 1. The number of halogens is 1. The number of alkyl carbamates (subject to hydrolysis) is 1. The molecule has 3 aliphatic rings. The van der Waals surface area contributed by atoms with Crippen molar-refractivity contribution in [2.24, 2.45) is 5.41 Å². The molecule has 0 unspecified atom stereocenters. The van der Waals surface area contributed by atoms with Crippen molar-refractivity contribution in [3.8, 4) is 11.6 Å². The van der Waals surface area contributed by atoms with Crippen LogP contribution in [0.15, 0.2) is 24.4 Å². The maximum atomic E-state index is 14.4. The fraction of sp³-hybridized carbons (Fsp3) is 0.618. The predicted octanol–water partition coefficient (Wildman–Crippen LogP) is 3.83. The van der Waals surface area contributed by atoms with Crippen molar-refractivity contribution in [2.75, 3.05) is 13.7 Å². The Morgan fingerprint density at radius 1 is 1.06 bits per heavy atom. The van der Waals surface area contributed by atoms with E-state index < -0.39 is 73.8 Å². The van der Waals surface area contributed by atoms with Gasteiger partial charge in [0.2, 0.25) is 27.7 Å². The highest BCUT2D eigenvalue weighted by molar-refractivity contribution is 7.91. The van der Waals surface area contributed by atoms with Crippen molar-refractivity contribution < 1.29 is 41.8 Å². The Hall–Kier alpha value is -3.85. The second-order valence-corrected chi connectivity index (χ2v) is 17.7. The number of hydrogen-bond acceptors (Lipinski definition) is 10. The second kappa shape index (κ2) is 13.7. The van der Waals surface area contributed by atoms with Crippen LogP contribution in [0.5, 0.6) is 11.6 Å². The van der Waals surface area contributed by atoms with Crippen LogP contribution >= 0.6 is 11.6 Å². The van der Waals surface area contributed by atoms with Crippen molar-refractivity contribution in [3.63, 3.8) is 0 Å². The molecule has 274 valence electrons. The molecule has 1 aromatic heterocycles. The van der Waals surface area contributed by atoms with Gasteiger partial charge in [0.1, 0.15) is 35.1 Å². The molecule has 1 aliphatic heterocycles. The quantitative estimate of drug-likeness (QED) is 0.324. The Labute approximate surface area is 297 Å². The number of carbonyl (C=O) groups is 4. The molecule has 50 heavy (non-hydrogen) atoms. The van der Waals surface area contributed by atoms with Crippen LogP contribution in [0.2, 0.25) is 5.02 Å². The molecule has 3 N–H and O–H groups in total. The first kappa shape index (κ1) is 37.4. The summed E-state index contributed by atoms with van der Waals surface area (Å²) in [6.45, 7) is 10.4. The van der Waals surface area contributed by atoms with E-state index in [1.54, 1.807) is 59.7 Å². The van der Waals surface area contributed by atoms with Crippen molar-refractivity contribution >= 4 is 56.2 Å². The number of rotatable bonds is 10. The average molecular weight is 736 g/mol. The van der Waals surface area contributed by atoms with Crippen molar-refractivity contribution in [2.45, 2.75) is 115 Å². The molecular formula is C34H46ClN5O9S. The molecule has 1 aromatic carbocycles. The molecule has 2 heterocycles. The molecule has 0 bridgehead atoms. The zero-order valence-electron chi connectivity index (χ0n) is 29.4. The Morgan fingerprint density at radius 2 is 1.74 bits per heavy atom. The number of fused-ring (bicyclic) bond motifs is 1. The van der Waals surface area contributed by atoms with E-state index in [0.717, 1.165) is 0 Å². The summed E-state index contributed by atoms with van der Waals surface area (Å²) in [6, 6.07) is 2.90. The number of benzene rings is 1. The molecule has 16 heteroatoms. The number of hydrogen-bond donors (Lipinski definition) is 3. The number of sulfonamides is 1. The minimum atomic E-state index is -3.86. The van der Waals surface area contributed by atoms with Crippen LogP contribution in [-0.2, 0) is 29.1 Å². The van der Waals surface area contributed by atoms with Gasteiger partial charge < -0.3 is 29.7 Å². The van der Waals surface area contributed by atoms with Gasteiger partial charge in [0.05, 0.1) is 25.1 Å². The molecule has 2 saturated carbocycles. The van der Waals surface area contributed by atoms with E-state index in [1.807, 2.05) is 0 Å². The number of amides is 4. The van der Waals surface area contributed by atoms with Crippen molar-refractivity contribution in [3.05, 3.63) is 29.4 Å². The SMILES string of the molecule is COc1cnc(O[C@@H]2C[C@@H](C(=O)NC3(C(=O)NS(=O)(=O)C4CC4)CCC3)N(C(=O)[C@@H](NC(=O)OC(C)(C)C)C(C)(C)C)C2)c2cc(Cl)ccc12. The number of ether oxygens (including phenoxy) is 3. The van der Waals surface area contributed by atoms with E-state index >= 15 is 0 Å². The summed E-state index contributed by atoms with van der Waals surface area (Å²) in [5, 5.41) is 6.56. The summed E-state index contributed by atoms with van der Waals surface area (Å²) in [5.74, 6) is -1.30. The summed E-state index contributed by atoms with van der Waals surface area (Å²) in [5.41, 5.74) is -3.09. The second-order valence-electron chi connectivity index (χ2n) is 15.3. The highest BCUT2D eigenvalue weighted by Gasteiger charge is 2.52. The highest BCUT2D eigenvalue weighted by atomic mass is 35.5. The third-order valence-corrected chi connectivity index (χ3v) is 11.2. The van der Waals surface area contributed by atoms with E-state index in [9.17, 15) is 27.6 Å². The molecule has 3 fully saturated rings. The van der Waals surface area contributed by atoms with Crippen LogP contribution < -0.4 is 24.8 Å². The molecule has 2 aliphatic carbocycles. The average Bonchev–Trinajstić information content (AvgIpc) is 3.77. The van der Waals surface area contributed by atoms with Gasteiger partial charge in [-0.05, 0) is 76.5 Å². The number of carbonyl (C=O) groups excluding carboxylic acids is 4. The molecule has 3 atom stereocenters. The highest BCUT2D eigenvalue weighted by Crippen LogP contribution is 2.37. The lowest BCUT2D eigenvalue weighted by atomic mass is 9.76. The fourth-order valence-corrected chi connectivity index (χ4v) is 7.69. The molecular weight excluding hydrogens is 690 g/mol. The van der Waals surface area contributed by atoms with E-state index in [4.69, 9.17) is 25.8 Å². The third-order valence-electron chi connectivity index (χ3n) is 9.10. The van der Waals surface area contributed by atoms with E-state index in [1.165, 1.54) is 18.2 Å². The van der Waals surface area contributed by atoms with Gasteiger partial charge in [-0.25, -0.2) is 18.2 Å². The first-order valence-electron chi connectivity index (χ1n) is 16.7. The summed E-state index contributed by atoms with van der Waals surface area (Å²) >= 11 is 6.31. The maximum absolute atomic E-state index is 14.4. The van der Waals surface area contributed by atoms with Crippen LogP contribution in [0.1, 0.15) is 80.1 Å². The third kappa shape index (κ3) is 8.20. The molecule has 0 radical (unpaired) electrons. The van der Waals surface area contributed by atoms with Crippen LogP contribution in [0.4, 0.5) is 4.79 Å². The first-order valence-corrected chi connectivity index (χ1v) is 18.6. The van der Waals surface area contributed by atoms with E-state index in [-0.39, 0.29) is 31.7 Å². The molecule has 4 amide bonds. The van der Waals surface area contributed by atoms with Gasteiger partial charge in [-0.15, -0.1) is 0 Å². The molecule has 0 spiro atoms. The van der Waals surface area contributed by atoms with E-state index in [0.29, 0.717) is 40.8 Å². The van der Waals surface area contributed by atoms with E-state index in [2.05, 4.69) is 20.3 Å². The Bertz CT molecular complexity index is 1780. The fourth-order valence-electron chi connectivity index (χ4n) is 6.14. The van der Waals surface area contributed by atoms with Gasteiger partial charge in [-0.2, -0.15) is 0 Å². The first-order chi connectivity index (χ1) is 23.2. The predicted molar refractivity (Wildman–Crippen MR) is 185 cm³/mol. The van der Waals surface area contributed by atoms with Gasteiger partial charge in [-0.3, -0.25) is 19.1 Å². The van der Waals surface area contributed by atoms with Crippen LogP contribution in [-0.4, -0.2) is 90.3 Å². The van der Waals surface area contributed by atoms with Crippen molar-refractivity contribution in [1.82, 2.24) is 25.2 Å². The lowest BCUT2D eigenvalue weighted by molar-refractivity contribution is -0.144. The van der Waals surface area contributed by atoms with Gasteiger partial charge in [0.25, 0.3) is 5.91 Å². The Kier molecular flexibility index (Phi) is 10.2. The zero-order valence-corrected chi connectivity index (χ0v) is 31.0. The number of nitrogens with one attached hydrogen (secondary N) is 3. The monoisotopic (exact) mass is 735 g/mol. The number of pyridine rings is 1. The van der Waals surface area contributed by atoms with Crippen LogP contribution in [0.3, 0.4) is 0 Å². The maximum Gasteiger partial charge on any atom is 0.408 e. The lowest BCUT2D eigenvalue weighted by Gasteiger charge is -2.42. The van der Waals surface area contributed by atoms with Crippen LogP contribution in [0, 0.1) is 5.41 Å². The summed E-state index contributed by atoms with van der Waals surface area (Å²) < 4.78 is 44.6. The molecule has 14 nitrogen and oxygen atoms in total. The summed E-state index contributed by atoms with van der Waals surface area (Å²) in [7, 11) is -2.34. The Balaban J connectivity index is 1.45. The smallest absolute Gasteiger partial charge is 0.408 e. The van der Waals surface area contributed by atoms with Crippen LogP contribution in [0.25, 0.3) is 10.8 Å². The minimum absolute atomic E-state index is 0.00864. The van der Waals surface area contributed by atoms with Gasteiger partial charge in [-0.1, -0.05) is 32.4 Å². The number of aromatic nitrogens is 1. The number of likely N-dealkylation sites (tertiary alicyclic amines) is 1. The standard InChI is InChI=1S/C34H46ClN5O9S/c1-32(2,3)26(37-31(44)49-33(4,5)6)29(42)40-18-20(48-28-23-15-19(35)9-12-22(23)25(47-7)17-36-28)16-24(40)27(41)38-34(13-8-14-34)30(43)39-50(45,46)21-10-11-21/h9,12,15,17,20-21,24,26H,8,10-11,13-14,16,18H2,1-7H3,(H,37,44)(H,38,41)(H,39,43)/t20-,24+,26-/m1/s1. The minimum Gasteiger partial charge on any atom is -0.494 e. The molecule has 1 saturated heterocycles. The molecule has 5 rings (SSSR count). The Morgan fingerprint density at radius 3 is 2.30 bits per heavy atom. The zero-order chi connectivity index (χ0) is 36.8. The van der Waals surface area contributed by atoms with Crippen molar-refractivity contribution in [1.29, 1.82) is 0 Å². The summed E-state index contributed by atoms with van der Waals surface area (Å²) in [4.78, 5) is 60.6. The van der Waals surface area contributed by atoms with Gasteiger partial charge in [0, 0.05) is 22.2 Å². The summed E-state index contributed by atoms with van der Waals surface area (Å²) in [6.07, 6.45) is 1.97. The normalized spacial score (nSPS) is 21.1. The molecule has 2 aromatic rings. The largest absolute Gasteiger partial charge is 0.494 e. The van der Waals surface area contributed by atoms with Gasteiger partial charge in [0.15, 0.2) is 0 Å².